The van der Waals surface area contributed by atoms with Crippen molar-refractivity contribution in [3.63, 3.8) is 0 Å². The maximum Gasteiger partial charge on any atom is 0.269 e. The number of nitro benzene ring substituents is 1. The number of nitro groups is 1. The molecule has 0 radical (unpaired) electrons. The minimum Gasteiger partial charge on any atom is -0.354 e. The molecule has 18 heavy (non-hydrogen) atoms. The van der Waals surface area contributed by atoms with E-state index in [9.17, 15) is 14.9 Å². The second-order valence-corrected chi connectivity index (χ2v) is 4.09. The number of nitrogens with one attached hydrogen (secondary N) is 2. The summed E-state index contributed by atoms with van der Waals surface area (Å²) in [5, 5.41) is 16.3. The number of carbonyl (C=O) groups excluding carboxylic acids is 1. The minimum atomic E-state index is -0.460. The SMILES string of the molecule is CNC(C)CNC(=O)Cc1ccc([N+](=O)[O-])cc1. The van der Waals surface area contributed by atoms with Crippen molar-refractivity contribution in [3.05, 3.63) is 39.9 Å². The Morgan fingerprint density at radius 3 is 2.50 bits per heavy atom. The Morgan fingerprint density at radius 1 is 1.39 bits per heavy atom. The molecule has 1 aromatic carbocycles. The largest absolute Gasteiger partial charge is 0.354 e. The number of nitrogens with zero attached hydrogens (tertiary/aromatic N) is 1. The van der Waals surface area contributed by atoms with Gasteiger partial charge >= 0.3 is 0 Å². The molecule has 6 heteroatoms. The van der Waals surface area contributed by atoms with Gasteiger partial charge in [0.15, 0.2) is 0 Å². The smallest absolute Gasteiger partial charge is 0.269 e. The van der Waals surface area contributed by atoms with Crippen LogP contribution in [0.4, 0.5) is 5.69 Å². The van der Waals surface area contributed by atoms with Crippen LogP contribution < -0.4 is 10.6 Å². The minimum absolute atomic E-state index is 0.0305. The fourth-order valence-electron chi connectivity index (χ4n) is 1.35. The molecule has 0 heterocycles. The summed E-state index contributed by atoms with van der Waals surface area (Å²) in [5.41, 5.74) is 0.790. The summed E-state index contributed by atoms with van der Waals surface area (Å²) in [5.74, 6) is -0.0917. The first-order valence-electron chi connectivity index (χ1n) is 5.70. The lowest BCUT2D eigenvalue weighted by atomic mass is 10.1. The first kappa shape index (κ1) is 14.1. The first-order valence-corrected chi connectivity index (χ1v) is 5.70. The van der Waals surface area contributed by atoms with Crippen molar-refractivity contribution in [2.75, 3.05) is 13.6 Å². The zero-order chi connectivity index (χ0) is 13.5. The Kier molecular flexibility index (Phi) is 5.26. The average Bonchev–Trinajstić information content (AvgIpc) is 2.36. The van der Waals surface area contributed by atoms with Crippen LogP contribution in [0, 0.1) is 10.1 Å². The van der Waals surface area contributed by atoms with Crippen molar-refractivity contribution in [2.45, 2.75) is 19.4 Å². The van der Waals surface area contributed by atoms with E-state index in [0.717, 1.165) is 5.56 Å². The van der Waals surface area contributed by atoms with Crippen LogP contribution in [0.25, 0.3) is 0 Å². The first-order chi connectivity index (χ1) is 8.52. The Hall–Kier alpha value is -1.95. The topological polar surface area (TPSA) is 84.3 Å². The molecule has 0 spiro atoms. The maximum absolute atomic E-state index is 11.6. The zero-order valence-corrected chi connectivity index (χ0v) is 10.5. The highest BCUT2D eigenvalue weighted by atomic mass is 16.6. The molecule has 1 amide bonds. The van der Waals surface area contributed by atoms with E-state index in [1.165, 1.54) is 12.1 Å². The van der Waals surface area contributed by atoms with Crippen LogP contribution in [0.2, 0.25) is 0 Å². The third-order valence-corrected chi connectivity index (χ3v) is 2.61. The van der Waals surface area contributed by atoms with Gasteiger partial charge in [-0.25, -0.2) is 0 Å². The highest BCUT2D eigenvalue weighted by Gasteiger charge is 2.07. The van der Waals surface area contributed by atoms with Gasteiger partial charge in [-0.15, -0.1) is 0 Å². The molecule has 2 N–H and O–H groups in total. The second-order valence-electron chi connectivity index (χ2n) is 4.09. The number of rotatable bonds is 6. The summed E-state index contributed by atoms with van der Waals surface area (Å²) >= 11 is 0. The third kappa shape index (κ3) is 4.50. The van der Waals surface area contributed by atoms with Gasteiger partial charge in [0, 0.05) is 24.7 Å². The Labute approximate surface area is 106 Å². The van der Waals surface area contributed by atoms with E-state index in [-0.39, 0.29) is 24.1 Å². The van der Waals surface area contributed by atoms with Gasteiger partial charge in [0.2, 0.25) is 5.91 Å². The number of benzene rings is 1. The molecule has 0 aliphatic heterocycles. The average molecular weight is 251 g/mol. The second kappa shape index (κ2) is 6.70. The fourth-order valence-corrected chi connectivity index (χ4v) is 1.35. The molecule has 0 bridgehead atoms. The van der Waals surface area contributed by atoms with E-state index in [1.54, 1.807) is 12.1 Å². The van der Waals surface area contributed by atoms with E-state index in [1.807, 2.05) is 14.0 Å². The summed E-state index contributed by atoms with van der Waals surface area (Å²) in [6.07, 6.45) is 0.231. The van der Waals surface area contributed by atoms with Gasteiger partial charge in [-0.05, 0) is 19.5 Å². The lowest BCUT2D eigenvalue weighted by Crippen LogP contribution is -2.37. The molecule has 1 atom stereocenters. The van der Waals surface area contributed by atoms with Crippen molar-refractivity contribution >= 4 is 11.6 Å². The highest BCUT2D eigenvalue weighted by molar-refractivity contribution is 5.78. The molecule has 98 valence electrons. The molecule has 0 saturated carbocycles. The Morgan fingerprint density at radius 2 is 2.00 bits per heavy atom. The van der Waals surface area contributed by atoms with E-state index < -0.39 is 4.92 Å². The van der Waals surface area contributed by atoms with Crippen molar-refractivity contribution in [1.29, 1.82) is 0 Å². The predicted octanol–water partition coefficient (Wildman–Crippen LogP) is 0.861. The van der Waals surface area contributed by atoms with Crippen LogP contribution >= 0.6 is 0 Å². The van der Waals surface area contributed by atoms with Gasteiger partial charge in [0.1, 0.15) is 0 Å². The van der Waals surface area contributed by atoms with Gasteiger partial charge < -0.3 is 10.6 Å². The number of amides is 1. The van der Waals surface area contributed by atoms with Crippen LogP contribution in [0.15, 0.2) is 24.3 Å². The summed E-state index contributed by atoms with van der Waals surface area (Å²) < 4.78 is 0. The summed E-state index contributed by atoms with van der Waals surface area (Å²) in [7, 11) is 1.83. The summed E-state index contributed by atoms with van der Waals surface area (Å²) in [4.78, 5) is 21.6. The highest BCUT2D eigenvalue weighted by Crippen LogP contribution is 2.12. The van der Waals surface area contributed by atoms with E-state index >= 15 is 0 Å². The molecule has 0 saturated heterocycles. The summed E-state index contributed by atoms with van der Waals surface area (Å²) in [6.45, 7) is 2.52. The van der Waals surface area contributed by atoms with Crippen molar-refractivity contribution in [3.8, 4) is 0 Å². The van der Waals surface area contributed by atoms with Crippen molar-refractivity contribution < 1.29 is 9.72 Å². The van der Waals surface area contributed by atoms with Gasteiger partial charge in [0.25, 0.3) is 5.69 Å². The van der Waals surface area contributed by atoms with E-state index in [4.69, 9.17) is 0 Å². The molecule has 1 aromatic rings. The maximum atomic E-state index is 11.6. The van der Waals surface area contributed by atoms with Gasteiger partial charge in [-0.2, -0.15) is 0 Å². The Bertz CT molecular complexity index is 417. The quantitative estimate of drug-likeness (QED) is 0.580. The number of hydrogen-bond acceptors (Lipinski definition) is 4. The molecular weight excluding hydrogens is 234 g/mol. The predicted molar refractivity (Wildman–Crippen MR) is 68.3 cm³/mol. The van der Waals surface area contributed by atoms with Crippen LogP contribution in [0.3, 0.4) is 0 Å². The molecule has 0 aromatic heterocycles. The van der Waals surface area contributed by atoms with Gasteiger partial charge in [-0.1, -0.05) is 12.1 Å². The molecule has 6 nitrogen and oxygen atoms in total. The van der Waals surface area contributed by atoms with Crippen LogP contribution in [-0.4, -0.2) is 30.5 Å². The van der Waals surface area contributed by atoms with Crippen LogP contribution in [0.1, 0.15) is 12.5 Å². The molecule has 0 aliphatic rings. The zero-order valence-electron chi connectivity index (χ0n) is 10.5. The molecule has 0 fully saturated rings. The third-order valence-electron chi connectivity index (χ3n) is 2.61. The molecule has 1 rings (SSSR count). The van der Waals surface area contributed by atoms with E-state index in [2.05, 4.69) is 10.6 Å². The number of non-ortho nitro benzene ring substituents is 1. The van der Waals surface area contributed by atoms with Crippen LogP contribution in [0.5, 0.6) is 0 Å². The molecular formula is C12H17N3O3. The van der Waals surface area contributed by atoms with Gasteiger partial charge in [0.05, 0.1) is 11.3 Å². The summed E-state index contributed by atoms with van der Waals surface area (Å²) in [6, 6.07) is 6.21. The number of carbonyl (C=O) groups is 1. The molecule has 1 unspecified atom stereocenters. The van der Waals surface area contributed by atoms with Crippen molar-refractivity contribution in [1.82, 2.24) is 10.6 Å². The van der Waals surface area contributed by atoms with E-state index in [0.29, 0.717) is 6.54 Å². The fraction of sp³-hybridized carbons (Fsp3) is 0.417. The number of hydrogen-bond donors (Lipinski definition) is 2. The number of likely N-dealkylation sites (N-methyl/N-ethyl adjacent to an activating group) is 1. The lowest BCUT2D eigenvalue weighted by Gasteiger charge is -2.11. The van der Waals surface area contributed by atoms with Crippen molar-refractivity contribution in [2.24, 2.45) is 0 Å². The normalized spacial score (nSPS) is 11.9. The monoisotopic (exact) mass is 251 g/mol. The standard InChI is InChI=1S/C12H17N3O3/c1-9(13-2)8-14-12(16)7-10-3-5-11(6-4-10)15(17)18/h3-6,9,13H,7-8H2,1-2H3,(H,14,16). The Balaban J connectivity index is 2.47. The van der Waals surface area contributed by atoms with Crippen LogP contribution in [-0.2, 0) is 11.2 Å². The molecule has 0 aliphatic carbocycles. The lowest BCUT2D eigenvalue weighted by molar-refractivity contribution is -0.384. The van der Waals surface area contributed by atoms with Gasteiger partial charge in [-0.3, -0.25) is 14.9 Å².